The first-order chi connectivity index (χ1) is 11.4. The second-order valence-corrected chi connectivity index (χ2v) is 8.20. The van der Waals surface area contributed by atoms with Gasteiger partial charge in [0.25, 0.3) is 0 Å². The Morgan fingerprint density at radius 2 is 2.00 bits per heavy atom. The van der Waals surface area contributed by atoms with Crippen molar-refractivity contribution >= 4 is 28.9 Å². The number of Topliss-reactive ketones (excluding diaryl/α,β-unsaturated/α-hetero) is 1. The van der Waals surface area contributed by atoms with Gasteiger partial charge >= 0.3 is 0 Å². The molecule has 0 aromatic carbocycles. The van der Waals surface area contributed by atoms with E-state index in [0.717, 1.165) is 24.8 Å². The fourth-order valence-corrected chi connectivity index (χ4v) is 5.78. The molecule has 124 valence electrons. The van der Waals surface area contributed by atoms with Gasteiger partial charge < -0.3 is 0 Å². The van der Waals surface area contributed by atoms with E-state index in [1.807, 2.05) is 6.08 Å². The molecule has 4 aliphatic rings. The Bertz CT molecular complexity index is 785. The van der Waals surface area contributed by atoms with Crippen LogP contribution in [0.25, 0.3) is 0 Å². The number of fused-ring (bicyclic) bond motifs is 5. The number of carbonyl (C=O) groups is 2. The second kappa shape index (κ2) is 5.18. The van der Waals surface area contributed by atoms with Gasteiger partial charge in [-0.15, -0.1) is 0 Å². The van der Waals surface area contributed by atoms with Crippen LogP contribution in [0, 0.1) is 28.6 Å². The maximum atomic E-state index is 12.4. The molecule has 5 atom stereocenters. The first-order valence-corrected chi connectivity index (χ1v) is 9.10. The summed E-state index contributed by atoms with van der Waals surface area (Å²) in [4.78, 5) is 28.7. The Morgan fingerprint density at radius 1 is 1.21 bits per heavy atom. The van der Waals surface area contributed by atoms with Crippen molar-refractivity contribution < 1.29 is 9.59 Å². The summed E-state index contributed by atoms with van der Waals surface area (Å²) in [5, 5.41) is 2.36. The SMILES string of the molecule is C[C@]12C=CC(=O)C(N=C=S)=C1C=C[C@@H]1[C@@H]2CC[C@]2(C)C(=O)CC[C@@H]12. The maximum Gasteiger partial charge on any atom is 0.205 e. The van der Waals surface area contributed by atoms with Crippen LogP contribution in [0.1, 0.15) is 39.5 Å². The van der Waals surface area contributed by atoms with Crippen molar-refractivity contribution in [2.45, 2.75) is 39.5 Å². The van der Waals surface area contributed by atoms with Crippen molar-refractivity contribution in [1.29, 1.82) is 0 Å². The lowest BCUT2D eigenvalue weighted by Gasteiger charge is -2.53. The van der Waals surface area contributed by atoms with Crippen molar-refractivity contribution in [3.05, 3.63) is 35.6 Å². The summed E-state index contributed by atoms with van der Waals surface area (Å²) < 4.78 is 0. The molecule has 0 aliphatic heterocycles. The maximum absolute atomic E-state index is 12.4. The van der Waals surface area contributed by atoms with Crippen LogP contribution in [0.2, 0.25) is 0 Å². The van der Waals surface area contributed by atoms with Gasteiger partial charge in [-0.05, 0) is 60.9 Å². The number of allylic oxidation sites excluding steroid dienone is 5. The Balaban J connectivity index is 1.84. The van der Waals surface area contributed by atoms with Crippen LogP contribution in [-0.4, -0.2) is 16.7 Å². The van der Waals surface area contributed by atoms with Crippen molar-refractivity contribution in [3.63, 3.8) is 0 Å². The van der Waals surface area contributed by atoms with Crippen LogP contribution in [0.5, 0.6) is 0 Å². The number of nitrogens with zero attached hydrogens (tertiary/aromatic N) is 1. The van der Waals surface area contributed by atoms with E-state index >= 15 is 0 Å². The molecule has 2 saturated carbocycles. The third kappa shape index (κ3) is 1.90. The highest BCUT2D eigenvalue weighted by molar-refractivity contribution is 7.78. The first-order valence-electron chi connectivity index (χ1n) is 8.69. The van der Waals surface area contributed by atoms with E-state index in [0.29, 0.717) is 35.7 Å². The minimum absolute atomic E-state index is 0.0976. The largest absolute Gasteiger partial charge is 0.299 e. The molecule has 2 fully saturated rings. The molecule has 0 aromatic heterocycles. The van der Waals surface area contributed by atoms with Crippen molar-refractivity contribution in [2.24, 2.45) is 33.6 Å². The molecule has 0 N–H and O–H groups in total. The molecular formula is C20H21NO2S. The Morgan fingerprint density at radius 3 is 2.75 bits per heavy atom. The predicted molar refractivity (Wildman–Crippen MR) is 95.5 cm³/mol. The minimum Gasteiger partial charge on any atom is -0.299 e. The van der Waals surface area contributed by atoms with E-state index in [4.69, 9.17) is 12.2 Å². The van der Waals surface area contributed by atoms with Crippen LogP contribution in [0.3, 0.4) is 0 Å². The lowest BCUT2D eigenvalue weighted by atomic mass is 9.50. The zero-order valence-electron chi connectivity index (χ0n) is 14.0. The average Bonchev–Trinajstić information content (AvgIpc) is 2.86. The van der Waals surface area contributed by atoms with E-state index < -0.39 is 0 Å². The number of hydrogen-bond acceptors (Lipinski definition) is 4. The van der Waals surface area contributed by atoms with Gasteiger partial charge in [0.15, 0.2) is 0 Å². The Hall–Kier alpha value is -1.64. The number of thiocarbonyl (C=S) groups is 1. The summed E-state index contributed by atoms with van der Waals surface area (Å²) in [6.07, 6.45) is 11.6. The molecule has 4 rings (SSSR count). The van der Waals surface area contributed by atoms with Crippen LogP contribution >= 0.6 is 12.2 Å². The van der Waals surface area contributed by atoms with Gasteiger partial charge in [-0.1, -0.05) is 32.1 Å². The van der Waals surface area contributed by atoms with Gasteiger partial charge in [0.05, 0.1) is 5.16 Å². The topological polar surface area (TPSA) is 46.5 Å². The van der Waals surface area contributed by atoms with E-state index in [9.17, 15) is 9.59 Å². The van der Waals surface area contributed by atoms with Crippen LogP contribution < -0.4 is 0 Å². The number of carbonyl (C=O) groups excluding carboxylic acids is 2. The lowest BCUT2D eigenvalue weighted by molar-refractivity contribution is -0.130. The fourth-order valence-electron chi connectivity index (χ4n) is 5.69. The zero-order valence-corrected chi connectivity index (χ0v) is 14.9. The number of aliphatic imine (C=N–C) groups is 1. The number of isothiocyanates is 1. The highest BCUT2D eigenvalue weighted by Gasteiger charge is 2.57. The summed E-state index contributed by atoms with van der Waals surface area (Å²) in [7, 11) is 0. The van der Waals surface area contributed by atoms with Gasteiger partial charge in [0, 0.05) is 17.3 Å². The summed E-state index contributed by atoms with van der Waals surface area (Å²) in [6, 6.07) is 0. The van der Waals surface area contributed by atoms with Crippen molar-refractivity contribution in [1.82, 2.24) is 0 Å². The van der Waals surface area contributed by atoms with Crippen molar-refractivity contribution in [2.75, 3.05) is 0 Å². The Kier molecular flexibility index (Phi) is 3.42. The third-order valence-corrected chi connectivity index (χ3v) is 7.20. The Labute approximate surface area is 147 Å². The highest BCUT2D eigenvalue weighted by atomic mass is 32.1. The monoisotopic (exact) mass is 339 g/mol. The molecule has 3 nitrogen and oxygen atoms in total. The number of rotatable bonds is 1. The number of hydrogen-bond donors (Lipinski definition) is 0. The molecule has 4 aliphatic carbocycles. The van der Waals surface area contributed by atoms with E-state index in [1.54, 1.807) is 6.08 Å². The molecular weight excluding hydrogens is 318 g/mol. The summed E-state index contributed by atoms with van der Waals surface area (Å²) in [6.45, 7) is 4.36. The quantitative estimate of drug-likeness (QED) is 0.534. The summed E-state index contributed by atoms with van der Waals surface area (Å²) >= 11 is 4.73. The van der Waals surface area contributed by atoms with Gasteiger partial charge in [-0.25, -0.2) is 0 Å². The van der Waals surface area contributed by atoms with E-state index in [-0.39, 0.29) is 16.6 Å². The second-order valence-electron chi connectivity index (χ2n) is 8.01. The van der Waals surface area contributed by atoms with Crippen LogP contribution in [-0.2, 0) is 9.59 Å². The molecule has 4 heteroatoms. The predicted octanol–water partition coefficient (Wildman–Crippen LogP) is 4.07. The summed E-state index contributed by atoms with van der Waals surface area (Å²) in [5.74, 6) is 1.55. The molecule has 0 saturated heterocycles. The molecule has 0 spiro atoms. The molecule has 0 aromatic rings. The molecule has 24 heavy (non-hydrogen) atoms. The van der Waals surface area contributed by atoms with Gasteiger partial charge in [-0.2, -0.15) is 4.99 Å². The molecule has 0 radical (unpaired) electrons. The number of ketones is 2. The fraction of sp³-hybridized carbons (Fsp3) is 0.550. The summed E-state index contributed by atoms with van der Waals surface area (Å²) in [5.41, 5.74) is 1.01. The average molecular weight is 339 g/mol. The molecule has 0 heterocycles. The third-order valence-electron chi connectivity index (χ3n) is 7.10. The van der Waals surface area contributed by atoms with Gasteiger partial charge in [0.1, 0.15) is 11.5 Å². The smallest absolute Gasteiger partial charge is 0.205 e. The normalized spacial score (nSPS) is 43.2. The van der Waals surface area contributed by atoms with Gasteiger partial charge in [0.2, 0.25) is 5.78 Å². The molecule has 0 amide bonds. The van der Waals surface area contributed by atoms with Crippen LogP contribution in [0.15, 0.2) is 40.6 Å². The zero-order chi connectivity index (χ0) is 17.1. The molecule has 0 unspecified atom stereocenters. The highest BCUT2D eigenvalue weighted by Crippen LogP contribution is 2.62. The minimum atomic E-state index is -0.217. The van der Waals surface area contributed by atoms with E-state index in [2.05, 4.69) is 36.2 Å². The standard InChI is InChI=1S/C20H21NO2S/c1-19-10-8-16(22)18(21-11-24)15(19)4-3-12-13-5-6-17(23)20(13,2)9-7-14(12)19/h3-4,8,10,12-14H,5-7,9H2,1-2H3/t12-,13-,14-,19+,20-/m0/s1. The van der Waals surface area contributed by atoms with Gasteiger partial charge in [-0.3, -0.25) is 9.59 Å². The molecule has 0 bridgehead atoms. The van der Waals surface area contributed by atoms with Crippen molar-refractivity contribution in [3.8, 4) is 0 Å². The first kappa shape index (κ1) is 15.9. The lowest BCUT2D eigenvalue weighted by Crippen LogP contribution is -2.48. The van der Waals surface area contributed by atoms with Crippen LogP contribution in [0.4, 0.5) is 0 Å². The van der Waals surface area contributed by atoms with E-state index in [1.165, 1.54) is 0 Å².